The van der Waals surface area contributed by atoms with E-state index in [4.69, 9.17) is 9.47 Å². The van der Waals surface area contributed by atoms with Gasteiger partial charge in [-0.15, -0.1) is 0 Å². The topological polar surface area (TPSA) is 107 Å². The van der Waals surface area contributed by atoms with Gasteiger partial charge in [-0.05, 0) is 23.8 Å². The first-order valence-electron chi connectivity index (χ1n) is 8.05. The Morgan fingerprint density at radius 2 is 1.93 bits per heavy atom. The maximum absolute atomic E-state index is 12.2. The molecule has 0 atom stereocenters. The van der Waals surface area contributed by atoms with Crippen LogP contribution in [0.3, 0.4) is 0 Å². The lowest BCUT2D eigenvalue weighted by Crippen LogP contribution is -2.32. The molecule has 0 spiro atoms. The summed E-state index contributed by atoms with van der Waals surface area (Å²) in [7, 11) is -0.913. The van der Waals surface area contributed by atoms with Crippen molar-refractivity contribution in [2.75, 3.05) is 20.9 Å². The third-order valence-corrected chi connectivity index (χ3v) is 5.77. The molecule has 0 saturated carbocycles. The fourth-order valence-corrected chi connectivity index (χ4v) is 3.38. The van der Waals surface area contributed by atoms with E-state index in [0.717, 1.165) is 26.7 Å². The Morgan fingerprint density at radius 3 is 2.67 bits per heavy atom. The molecule has 1 aliphatic heterocycles. The summed E-state index contributed by atoms with van der Waals surface area (Å²) in [6.07, 6.45) is 1.16. The molecule has 144 valence electrons. The highest BCUT2D eigenvalue weighted by atomic mass is 32.2. The van der Waals surface area contributed by atoms with Gasteiger partial charge in [-0.3, -0.25) is 9.59 Å². The molecule has 0 fully saturated rings. The molecule has 0 unspecified atom stereocenters. The smallest absolute Gasteiger partial charge is 0.251 e. The van der Waals surface area contributed by atoms with E-state index in [9.17, 15) is 18.0 Å². The summed E-state index contributed by atoms with van der Waals surface area (Å²) in [5.41, 5.74) is 0.342. The average Bonchev–Trinajstić information content (AvgIpc) is 3.09. The van der Waals surface area contributed by atoms with Crippen LogP contribution in [-0.2, 0) is 27.9 Å². The fourth-order valence-electron chi connectivity index (χ4n) is 2.46. The second-order valence-corrected chi connectivity index (χ2v) is 8.23. The summed E-state index contributed by atoms with van der Waals surface area (Å²) in [4.78, 5) is 24.1. The van der Waals surface area contributed by atoms with E-state index in [1.165, 1.54) is 20.2 Å². The number of carbonyl (C=O) groups is 1. The van der Waals surface area contributed by atoms with E-state index in [1.54, 1.807) is 18.2 Å². The van der Waals surface area contributed by atoms with Gasteiger partial charge in [0.1, 0.15) is 6.54 Å². The highest BCUT2D eigenvalue weighted by Gasteiger charge is 2.19. The largest absolute Gasteiger partial charge is 0.454 e. The van der Waals surface area contributed by atoms with Crippen molar-refractivity contribution >= 4 is 15.9 Å². The monoisotopic (exact) mass is 393 g/mol. The zero-order valence-corrected chi connectivity index (χ0v) is 15.7. The number of rotatable bonds is 6. The first kappa shape index (κ1) is 18.9. The number of pyridine rings is 1. The molecule has 0 radical (unpaired) electrons. The summed E-state index contributed by atoms with van der Waals surface area (Å²) in [6, 6.07) is 7.66. The summed E-state index contributed by atoms with van der Waals surface area (Å²) < 4.78 is 37.0. The van der Waals surface area contributed by atoms with Gasteiger partial charge in [0.15, 0.2) is 11.5 Å². The van der Waals surface area contributed by atoms with E-state index >= 15 is 0 Å². The SMILES string of the molecule is CN(C)S(=O)(=O)c1ccc(=O)n(CC(=O)NCc2ccc3c(c2)OCO3)c1. The van der Waals surface area contributed by atoms with Crippen LogP contribution in [0, 0.1) is 0 Å². The molecule has 1 N–H and O–H groups in total. The normalized spacial score (nSPS) is 13.0. The number of sulfonamides is 1. The van der Waals surface area contributed by atoms with Crippen molar-refractivity contribution < 1.29 is 22.7 Å². The Bertz CT molecular complexity index is 1030. The van der Waals surface area contributed by atoms with Crippen molar-refractivity contribution in [1.29, 1.82) is 0 Å². The van der Waals surface area contributed by atoms with Crippen LogP contribution in [0.2, 0.25) is 0 Å². The maximum Gasteiger partial charge on any atom is 0.251 e. The number of ether oxygens (including phenoxy) is 2. The number of fused-ring (bicyclic) bond motifs is 1. The van der Waals surface area contributed by atoms with Crippen molar-refractivity contribution in [2.24, 2.45) is 0 Å². The molecular weight excluding hydrogens is 374 g/mol. The molecule has 1 aromatic carbocycles. The van der Waals surface area contributed by atoms with Crippen LogP contribution in [0.4, 0.5) is 0 Å². The third kappa shape index (κ3) is 4.12. The Hall–Kier alpha value is -2.85. The zero-order chi connectivity index (χ0) is 19.6. The summed E-state index contributed by atoms with van der Waals surface area (Å²) in [5.74, 6) is 0.837. The minimum atomic E-state index is -3.70. The molecule has 2 aromatic rings. The lowest BCUT2D eigenvalue weighted by Gasteiger charge is -2.13. The minimum absolute atomic E-state index is 0.0596. The predicted molar refractivity (Wildman–Crippen MR) is 96.0 cm³/mol. The van der Waals surface area contributed by atoms with Crippen molar-refractivity contribution in [3.8, 4) is 11.5 Å². The maximum atomic E-state index is 12.2. The number of carbonyl (C=O) groups excluding carboxylic acids is 1. The standard InChI is InChI=1S/C17H19N3O6S/c1-19(2)27(23,24)13-4-6-17(22)20(9-13)10-16(21)18-8-12-3-5-14-15(7-12)26-11-25-14/h3-7,9H,8,10-11H2,1-2H3,(H,18,21). The minimum Gasteiger partial charge on any atom is -0.454 e. The van der Waals surface area contributed by atoms with Gasteiger partial charge >= 0.3 is 0 Å². The number of hydrogen-bond acceptors (Lipinski definition) is 6. The lowest BCUT2D eigenvalue weighted by molar-refractivity contribution is -0.121. The molecule has 3 rings (SSSR count). The predicted octanol–water partition coefficient (Wildman–Crippen LogP) is 0.144. The first-order valence-corrected chi connectivity index (χ1v) is 9.49. The Kier molecular flexibility index (Phi) is 5.19. The van der Waals surface area contributed by atoms with E-state index < -0.39 is 21.5 Å². The van der Waals surface area contributed by atoms with Gasteiger partial charge in [-0.25, -0.2) is 12.7 Å². The van der Waals surface area contributed by atoms with Gasteiger partial charge in [-0.1, -0.05) is 6.07 Å². The molecule has 0 bridgehead atoms. The molecule has 9 nitrogen and oxygen atoms in total. The first-order chi connectivity index (χ1) is 12.8. The zero-order valence-electron chi connectivity index (χ0n) is 14.8. The van der Waals surface area contributed by atoms with Crippen LogP contribution in [-0.4, -0.2) is 44.1 Å². The molecule has 1 amide bonds. The van der Waals surface area contributed by atoms with Crippen molar-refractivity contribution in [3.63, 3.8) is 0 Å². The van der Waals surface area contributed by atoms with Gasteiger partial charge < -0.3 is 19.4 Å². The molecule has 10 heteroatoms. The molecular formula is C17H19N3O6S. The van der Waals surface area contributed by atoms with E-state index in [0.29, 0.717) is 11.5 Å². The average molecular weight is 393 g/mol. The Labute approximate surface area is 156 Å². The van der Waals surface area contributed by atoms with Gasteiger partial charge in [0.2, 0.25) is 22.7 Å². The number of nitrogens with zero attached hydrogens (tertiary/aromatic N) is 2. The van der Waals surface area contributed by atoms with Crippen LogP contribution in [0.5, 0.6) is 11.5 Å². The summed E-state index contributed by atoms with van der Waals surface area (Å²) >= 11 is 0. The van der Waals surface area contributed by atoms with E-state index in [-0.39, 0.29) is 24.8 Å². The van der Waals surface area contributed by atoms with Gasteiger partial charge in [-0.2, -0.15) is 0 Å². The molecule has 2 heterocycles. The highest BCUT2D eigenvalue weighted by molar-refractivity contribution is 7.89. The summed E-state index contributed by atoms with van der Waals surface area (Å²) in [5, 5.41) is 2.69. The van der Waals surface area contributed by atoms with Crippen molar-refractivity contribution in [2.45, 2.75) is 18.0 Å². The van der Waals surface area contributed by atoms with Gasteiger partial charge in [0.05, 0.1) is 4.90 Å². The van der Waals surface area contributed by atoms with Crippen LogP contribution in [0.15, 0.2) is 46.2 Å². The number of nitrogens with one attached hydrogen (secondary N) is 1. The Balaban J connectivity index is 1.68. The van der Waals surface area contributed by atoms with Crippen LogP contribution >= 0.6 is 0 Å². The lowest BCUT2D eigenvalue weighted by atomic mass is 10.2. The molecule has 1 aliphatic rings. The van der Waals surface area contributed by atoms with E-state index in [2.05, 4.69) is 5.32 Å². The molecule has 0 saturated heterocycles. The summed E-state index contributed by atoms with van der Waals surface area (Å²) in [6.45, 7) is 0.111. The van der Waals surface area contributed by atoms with Crippen LogP contribution < -0.4 is 20.3 Å². The van der Waals surface area contributed by atoms with Crippen molar-refractivity contribution in [1.82, 2.24) is 14.2 Å². The molecule has 0 aliphatic carbocycles. The van der Waals surface area contributed by atoms with E-state index in [1.807, 2.05) is 0 Å². The van der Waals surface area contributed by atoms with Gasteiger partial charge in [0, 0.05) is 32.9 Å². The number of aromatic nitrogens is 1. The van der Waals surface area contributed by atoms with Gasteiger partial charge in [0.25, 0.3) is 5.56 Å². The number of benzene rings is 1. The third-order valence-electron chi connectivity index (χ3n) is 3.98. The molecule has 1 aromatic heterocycles. The fraction of sp³-hybridized carbons (Fsp3) is 0.294. The quantitative estimate of drug-likeness (QED) is 0.748. The van der Waals surface area contributed by atoms with Crippen LogP contribution in [0.25, 0.3) is 0 Å². The second kappa shape index (κ2) is 7.41. The molecule has 27 heavy (non-hydrogen) atoms. The van der Waals surface area contributed by atoms with Crippen molar-refractivity contribution in [3.05, 3.63) is 52.4 Å². The van der Waals surface area contributed by atoms with Crippen LogP contribution in [0.1, 0.15) is 5.56 Å². The Morgan fingerprint density at radius 1 is 1.19 bits per heavy atom. The number of amides is 1. The second-order valence-electron chi connectivity index (χ2n) is 6.08. The highest BCUT2D eigenvalue weighted by Crippen LogP contribution is 2.32. The number of hydrogen-bond donors (Lipinski definition) is 1.